The maximum Gasteiger partial charge on any atom is 0.404 e. The predicted molar refractivity (Wildman–Crippen MR) is 96.4 cm³/mol. The second kappa shape index (κ2) is 7.62. The number of Topliss-reactive ketones (excluding diaryl/α,β-unsaturated/α-hetero) is 1. The molecule has 0 fully saturated rings. The van der Waals surface area contributed by atoms with Crippen molar-refractivity contribution in [2.75, 3.05) is 13.2 Å². The van der Waals surface area contributed by atoms with Gasteiger partial charge in [-0.15, -0.1) is 0 Å². The first-order chi connectivity index (χ1) is 11.7. The summed E-state index contributed by atoms with van der Waals surface area (Å²) in [5.41, 5.74) is -3.95. The number of benzene rings is 2. The van der Waals surface area contributed by atoms with E-state index in [1.165, 1.54) is 39.0 Å². The molecule has 0 saturated heterocycles. The van der Waals surface area contributed by atoms with Crippen molar-refractivity contribution in [2.45, 2.75) is 26.4 Å². The first kappa shape index (κ1) is 20.2. The first-order valence-corrected chi connectivity index (χ1v) is 10.0. The lowest BCUT2D eigenvalue weighted by Gasteiger charge is -2.27. The SMILES string of the molecule is CCOP(=O)(OCC)C(F)(F)c1cc2cc(C(C)=O)ccc2cc1Br. The minimum absolute atomic E-state index is 0.0835. The molecule has 25 heavy (non-hydrogen) atoms. The fraction of sp³-hybridized carbons (Fsp3) is 0.353. The van der Waals surface area contributed by atoms with Crippen molar-refractivity contribution in [1.82, 2.24) is 0 Å². The van der Waals surface area contributed by atoms with Crippen molar-refractivity contribution in [3.05, 3.63) is 45.9 Å². The summed E-state index contributed by atoms with van der Waals surface area (Å²) in [7, 11) is -4.71. The molecule has 0 heterocycles. The summed E-state index contributed by atoms with van der Waals surface area (Å²) in [5.74, 6) is -0.174. The van der Waals surface area contributed by atoms with Crippen molar-refractivity contribution in [3.63, 3.8) is 0 Å². The molecule has 136 valence electrons. The lowest BCUT2D eigenvalue weighted by atomic mass is 10.0. The van der Waals surface area contributed by atoms with Crippen LogP contribution in [0.4, 0.5) is 8.78 Å². The topological polar surface area (TPSA) is 52.6 Å². The van der Waals surface area contributed by atoms with Crippen molar-refractivity contribution < 1.29 is 27.2 Å². The highest BCUT2D eigenvalue weighted by Gasteiger charge is 2.55. The molecule has 0 radical (unpaired) electrons. The molecule has 8 heteroatoms. The highest BCUT2D eigenvalue weighted by atomic mass is 79.9. The fourth-order valence-corrected chi connectivity index (χ4v) is 4.73. The van der Waals surface area contributed by atoms with E-state index in [1.807, 2.05) is 0 Å². The molecule has 4 nitrogen and oxygen atoms in total. The molecule has 2 aromatic carbocycles. The monoisotopic (exact) mass is 434 g/mol. The maximum atomic E-state index is 15.0. The molecular formula is C17H18BrF2O4P. The van der Waals surface area contributed by atoms with Crippen LogP contribution in [0, 0.1) is 0 Å². The molecule has 0 N–H and O–H groups in total. The van der Waals surface area contributed by atoms with Crippen LogP contribution in [0.25, 0.3) is 10.8 Å². The Bertz CT molecular complexity index is 844. The molecular weight excluding hydrogens is 417 g/mol. The van der Waals surface area contributed by atoms with Gasteiger partial charge in [0.2, 0.25) is 0 Å². The largest absolute Gasteiger partial charge is 0.404 e. The van der Waals surface area contributed by atoms with Crippen LogP contribution in [0.15, 0.2) is 34.8 Å². The molecule has 0 spiro atoms. The van der Waals surface area contributed by atoms with Gasteiger partial charge in [-0.05, 0) is 49.7 Å². The Balaban J connectivity index is 2.66. The van der Waals surface area contributed by atoms with Gasteiger partial charge in [0.1, 0.15) is 0 Å². The molecule has 0 aromatic heterocycles. The number of rotatable bonds is 7. The van der Waals surface area contributed by atoms with Gasteiger partial charge in [0, 0.05) is 15.6 Å². The van der Waals surface area contributed by atoms with E-state index < -0.39 is 18.8 Å². The van der Waals surface area contributed by atoms with Gasteiger partial charge in [0.05, 0.1) is 13.2 Å². The van der Waals surface area contributed by atoms with Crippen LogP contribution < -0.4 is 0 Å². The van der Waals surface area contributed by atoms with Crippen LogP contribution in [0.2, 0.25) is 0 Å². The number of hydrogen-bond donors (Lipinski definition) is 0. The molecule has 2 rings (SSSR count). The third-order valence-electron chi connectivity index (χ3n) is 3.60. The molecule has 0 unspecified atom stereocenters. The van der Waals surface area contributed by atoms with Crippen LogP contribution in [0.5, 0.6) is 0 Å². The summed E-state index contributed by atoms with van der Waals surface area (Å²) in [6.07, 6.45) is 0. The van der Waals surface area contributed by atoms with Gasteiger partial charge in [-0.2, -0.15) is 8.78 Å². The lowest BCUT2D eigenvalue weighted by Crippen LogP contribution is -2.19. The Labute approximate surface area is 153 Å². The minimum atomic E-state index is -4.71. The fourth-order valence-electron chi connectivity index (χ4n) is 2.41. The third kappa shape index (κ3) is 3.85. The number of halogens is 3. The number of alkyl halides is 2. The van der Waals surface area contributed by atoms with Crippen LogP contribution >= 0.6 is 23.5 Å². The Morgan fingerprint density at radius 1 is 1.12 bits per heavy atom. The molecule has 0 amide bonds. The van der Waals surface area contributed by atoms with Gasteiger partial charge in [0.25, 0.3) is 0 Å². The van der Waals surface area contributed by atoms with E-state index in [0.29, 0.717) is 16.3 Å². The van der Waals surface area contributed by atoms with E-state index in [9.17, 15) is 9.36 Å². The van der Waals surface area contributed by atoms with Crippen molar-refractivity contribution in [2.24, 2.45) is 0 Å². The highest BCUT2D eigenvalue weighted by Crippen LogP contribution is 2.67. The minimum Gasteiger partial charge on any atom is -0.304 e. The zero-order chi connectivity index (χ0) is 18.8. The summed E-state index contributed by atoms with van der Waals surface area (Å²) < 4.78 is 52.4. The molecule has 2 aromatic rings. The molecule has 0 aliphatic rings. The first-order valence-electron chi connectivity index (χ1n) is 7.68. The van der Waals surface area contributed by atoms with Crippen LogP contribution in [0.1, 0.15) is 36.7 Å². The van der Waals surface area contributed by atoms with Gasteiger partial charge < -0.3 is 9.05 Å². The molecule has 0 bridgehead atoms. The summed E-state index contributed by atoms with van der Waals surface area (Å²) in [6, 6.07) is 7.51. The summed E-state index contributed by atoms with van der Waals surface area (Å²) in [4.78, 5) is 11.5. The van der Waals surface area contributed by atoms with Crippen LogP contribution in [0.3, 0.4) is 0 Å². The number of carbonyl (C=O) groups excluding carboxylic acids is 1. The van der Waals surface area contributed by atoms with Gasteiger partial charge in [-0.1, -0.05) is 28.1 Å². The summed E-state index contributed by atoms with van der Waals surface area (Å²) >= 11 is 3.12. The van der Waals surface area contributed by atoms with Gasteiger partial charge in [-0.3, -0.25) is 9.36 Å². The van der Waals surface area contributed by atoms with E-state index in [-0.39, 0.29) is 23.5 Å². The number of carbonyl (C=O) groups is 1. The smallest absolute Gasteiger partial charge is 0.304 e. The highest BCUT2D eigenvalue weighted by molar-refractivity contribution is 9.10. The summed E-state index contributed by atoms with van der Waals surface area (Å²) in [6.45, 7) is 3.99. The summed E-state index contributed by atoms with van der Waals surface area (Å²) in [5, 5.41) is 1.10. The lowest BCUT2D eigenvalue weighted by molar-refractivity contribution is 0.0356. The number of fused-ring (bicyclic) bond motifs is 1. The number of ketones is 1. The van der Waals surface area contributed by atoms with Crippen molar-refractivity contribution in [3.8, 4) is 0 Å². The molecule has 0 aliphatic heterocycles. The van der Waals surface area contributed by atoms with E-state index in [1.54, 1.807) is 12.1 Å². The van der Waals surface area contributed by atoms with Gasteiger partial charge in [-0.25, -0.2) is 0 Å². The zero-order valence-electron chi connectivity index (χ0n) is 14.0. The Kier molecular flexibility index (Phi) is 6.15. The zero-order valence-corrected chi connectivity index (χ0v) is 16.5. The van der Waals surface area contributed by atoms with E-state index in [2.05, 4.69) is 15.9 Å². The maximum absolute atomic E-state index is 15.0. The van der Waals surface area contributed by atoms with Crippen molar-refractivity contribution in [1.29, 1.82) is 0 Å². The second-order valence-electron chi connectivity index (χ2n) is 5.32. The van der Waals surface area contributed by atoms with E-state index in [4.69, 9.17) is 9.05 Å². The second-order valence-corrected chi connectivity index (χ2v) is 8.25. The quantitative estimate of drug-likeness (QED) is 0.389. The Morgan fingerprint density at radius 3 is 2.24 bits per heavy atom. The number of hydrogen-bond acceptors (Lipinski definition) is 4. The Hall–Kier alpha value is -1.14. The normalized spacial score (nSPS) is 12.6. The van der Waals surface area contributed by atoms with Crippen LogP contribution in [-0.2, 0) is 19.3 Å². The Morgan fingerprint density at radius 2 is 1.72 bits per heavy atom. The average molecular weight is 435 g/mol. The van der Waals surface area contributed by atoms with Gasteiger partial charge >= 0.3 is 13.3 Å². The van der Waals surface area contributed by atoms with E-state index in [0.717, 1.165) is 0 Å². The standard InChI is InChI=1S/C17H18BrF2O4P/c1-4-23-25(22,24-5-2)17(19,20)15-9-14-8-12(11(3)21)6-7-13(14)10-16(15)18/h6-10H,4-5H2,1-3H3. The molecule has 0 atom stereocenters. The predicted octanol–water partition coefficient (Wildman–Crippen LogP) is 6.12. The third-order valence-corrected chi connectivity index (χ3v) is 6.38. The average Bonchev–Trinajstić information content (AvgIpc) is 2.53. The van der Waals surface area contributed by atoms with E-state index >= 15 is 8.78 Å². The van der Waals surface area contributed by atoms with Gasteiger partial charge in [0.15, 0.2) is 5.78 Å². The van der Waals surface area contributed by atoms with Crippen LogP contribution in [-0.4, -0.2) is 19.0 Å². The molecule has 0 saturated carbocycles. The van der Waals surface area contributed by atoms with Crippen molar-refractivity contribution >= 4 is 40.1 Å². The molecule has 0 aliphatic carbocycles.